The number of hydrogen-bond donors (Lipinski definition) is 1. The molecule has 4 rings (SSSR count). The molecule has 0 radical (unpaired) electrons. The summed E-state index contributed by atoms with van der Waals surface area (Å²) in [5.41, 5.74) is 4.88. The lowest BCUT2D eigenvalue weighted by molar-refractivity contribution is 0.156. The van der Waals surface area contributed by atoms with Crippen LogP contribution >= 0.6 is 89.6 Å². The highest BCUT2D eigenvalue weighted by atomic mass is 80.0. The van der Waals surface area contributed by atoms with Gasteiger partial charge < -0.3 is 5.11 Å². The minimum atomic E-state index is -0.345. The number of hydrogen-bond acceptors (Lipinski definition) is 1. The fourth-order valence-corrected chi connectivity index (χ4v) is 5.21. The topological polar surface area (TPSA) is 20.2 Å². The number of fused-ring (bicyclic) bond motifs is 2. The first-order valence-electron chi connectivity index (χ1n) is 8.95. The van der Waals surface area contributed by atoms with Crippen molar-refractivity contribution in [2.45, 2.75) is 56.9 Å². The van der Waals surface area contributed by atoms with E-state index in [2.05, 4.69) is 68.5 Å². The van der Waals surface area contributed by atoms with E-state index in [1.165, 1.54) is 36.0 Å². The summed E-state index contributed by atoms with van der Waals surface area (Å²) in [5, 5.41) is 11.3. The van der Waals surface area contributed by atoms with Crippen molar-refractivity contribution in [3.63, 3.8) is 0 Å². The van der Waals surface area contributed by atoms with E-state index >= 15 is 0 Å². The van der Waals surface area contributed by atoms with E-state index in [1.54, 1.807) is 0 Å². The Bertz CT molecular complexity index is 712. The van der Waals surface area contributed by atoms with Crippen LogP contribution in [0.5, 0.6) is 0 Å². The normalized spacial score (nSPS) is 19.4. The van der Waals surface area contributed by atoms with E-state index in [0.29, 0.717) is 9.85 Å². The van der Waals surface area contributed by atoms with E-state index in [9.17, 15) is 5.11 Å². The van der Waals surface area contributed by atoms with Gasteiger partial charge in [-0.2, -0.15) is 0 Å². The van der Waals surface area contributed by atoms with E-state index in [4.69, 9.17) is 23.2 Å². The summed E-state index contributed by atoms with van der Waals surface area (Å²) in [6, 6.07) is 12.0. The quantitative estimate of drug-likeness (QED) is 0.213. The first-order valence-corrected chi connectivity index (χ1v) is 18.0. The number of aliphatic hydroxyl groups is 1. The third kappa shape index (κ3) is 9.00. The molecule has 29 heavy (non-hydrogen) atoms. The average molecular weight is 715 g/mol. The maximum atomic E-state index is 9.66. The predicted octanol–water partition coefficient (Wildman–Crippen LogP) is 10.9. The second kappa shape index (κ2) is 14.5. The third-order valence-corrected chi connectivity index (χ3v) is 6.34. The number of rotatable bonds is 0. The molecule has 0 amide bonds. The van der Waals surface area contributed by atoms with E-state index in [1.807, 2.05) is 30.3 Å². The van der Waals surface area contributed by atoms with Crippen molar-refractivity contribution in [3.8, 4) is 0 Å². The van der Waals surface area contributed by atoms with Crippen molar-refractivity contribution in [2.75, 3.05) is 0 Å². The zero-order chi connectivity index (χ0) is 20.7. The van der Waals surface area contributed by atoms with Crippen molar-refractivity contribution in [2.24, 2.45) is 0 Å². The van der Waals surface area contributed by atoms with Crippen molar-refractivity contribution in [1.82, 2.24) is 0 Å². The molecule has 162 valence electrons. The van der Waals surface area contributed by atoms with Crippen LogP contribution in [0, 0.1) is 0 Å². The lowest BCUT2D eigenvalue weighted by atomic mass is 9.89. The van der Waals surface area contributed by atoms with Crippen LogP contribution in [0.2, 0.25) is 10.0 Å². The molecular formula is C21H25Br4Cl2OP. The Morgan fingerprint density at radius 1 is 0.828 bits per heavy atom. The van der Waals surface area contributed by atoms with Gasteiger partial charge >= 0.3 is 0 Å². The molecule has 0 aliphatic heterocycles. The van der Waals surface area contributed by atoms with Crippen LogP contribution in [-0.4, -0.2) is 5.11 Å². The van der Waals surface area contributed by atoms with Crippen LogP contribution in [0.15, 0.2) is 36.4 Å². The SMILES string of the molecule is BrP(Br)Br.C.Clc1cccc2c1C(Br)CCC2.OC1CCCc2cccc(Cl)c21. The Kier molecular flexibility index (Phi) is 14.2. The van der Waals surface area contributed by atoms with Gasteiger partial charge in [-0.1, -0.05) is 70.8 Å². The molecule has 2 aliphatic rings. The van der Waals surface area contributed by atoms with Gasteiger partial charge in [-0.3, -0.25) is 0 Å². The van der Waals surface area contributed by atoms with Gasteiger partial charge in [-0.15, -0.1) is 0 Å². The smallest absolute Gasteiger partial charge is 0.103 e. The molecule has 0 saturated carbocycles. The second-order valence-electron chi connectivity index (χ2n) is 6.58. The van der Waals surface area contributed by atoms with Crippen LogP contribution in [-0.2, 0) is 12.8 Å². The van der Waals surface area contributed by atoms with Crippen LogP contribution in [0.1, 0.15) is 66.3 Å². The largest absolute Gasteiger partial charge is 0.388 e. The number of alkyl halides is 1. The standard InChI is InChI=1S/C10H10BrCl.C10H11ClO.CH4.Br3P/c2*11-8-5-1-3-7-4-2-6-9(12)10(7)8;;1-4(2)3/h2,4,6,8H,1,3,5H2;1,3,5,9,12H,2,4,6H2;1H4;. The Hall–Kier alpha value is 1.33. The molecule has 2 aliphatic carbocycles. The van der Waals surface area contributed by atoms with Crippen LogP contribution in [0.3, 0.4) is 0 Å². The fourth-order valence-electron chi connectivity index (χ4n) is 3.57. The molecule has 2 unspecified atom stereocenters. The molecule has 0 spiro atoms. The molecule has 1 nitrogen and oxygen atoms in total. The number of aryl methyl sites for hydroxylation is 2. The van der Waals surface area contributed by atoms with Gasteiger partial charge in [0.05, 0.1) is 6.10 Å². The van der Waals surface area contributed by atoms with Crippen molar-refractivity contribution in [3.05, 3.63) is 68.7 Å². The highest BCUT2D eigenvalue weighted by Crippen LogP contribution is 2.59. The lowest BCUT2D eigenvalue weighted by Crippen LogP contribution is -2.09. The molecule has 8 heteroatoms. The van der Waals surface area contributed by atoms with Gasteiger partial charge in [-0.05, 0) is 114 Å². The van der Waals surface area contributed by atoms with Gasteiger partial charge in [-0.25, -0.2) is 0 Å². The molecule has 0 bridgehead atoms. The molecule has 2 aromatic carbocycles. The Morgan fingerprint density at radius 3 is 1.76 bits per heavy atom. The second-order valence-corrected chi connectivity index (χ2v) is 23.8. The lowest BCUT2D eigenvalue weighted by Gasteiger charge is -2.21. The maximum Gasteiger partial charge on any atom is 0.103 e. The minimum absolute atomic E-state index is 0. The van der Waals surface area contributed by atoms with Gasteiger partial charge in [0.15, 0.2) is 0 Å². The molecule has 0 saturated heterocycles. The van der Waals surface area contributed by atoms with Gasteiger partial charge in [0.25, 0.3) is 0 Å². The summed E-state index contributed by atoms with van der Waals surface area (Å²) in [4.78, 5) is 0.468. The van der Waals surface area contributed by atoms with Gasteiger partial charge in [0.1, 0.15) is 4.03 Å². The van der Waals surface area contributed by atoms with Crippen LogP contribution < -0.4 is 0 Å². The highest BCUT2D eigenvalue weighted by Gasteiger charge is 2.20. The Morgan fingerprint density at radius 2 is 1.28 bits per heavy atom. The zero-order valence-corrected chi connectivity index (χ0v) is 23.8. The summed E-state index contributed by atoms with van der Waals surface area (Å²) in [7, 11) is 0. The predicted molar refractivity (Wildman–Crippen MR) is 146 cm³/mol. The number of halogens is 6. The summed E-state index contributed by atoms with van der Waals surface area (Å²) in [5.74, 6) is 0. The molecule has 0 aromatic heterocycles. The molecular weight excluding hydrogens is 690 g/mol. The summed E-state index contributed by atoms with van der Waals surface area (Å²) < 4.78 is -0.183. The monoisotopic (exact) mass is 710 g/mol. The zero-order valence-electron chi connectivity index (χ0n) is 15.0. The Labute approximate surface area is 218 Å². The van der Waals surface area contributed by atoms with Crippen molar-refractivity contribution < 1.29 is 5.11 Å². The summed E-state index contributed by atoms with van der Waals surface area (Å²) in [6.07, 6.45) is 6.26. The Balaban J connectivity index is 0.000000239. The van der Waals surface area contributed by atoms with Crippen molar-refractivity contribution in [1.29, 1.82) is 0 Å². The van der Waals surface area contributed by atoms with E-state index in [0.717, 1.165) is 29.8 Å². The molecule has 0 heterocycles. The number of aliphatic hydroxyl groups excluding tert-OH is 1. The summed E-state index contributed by atoms with van der Waals surface area (Å²) >= 11 is 25.2. The third-order valence-electron chi connectivity index (χ3n) is 4.76. The molecule has 1 N–H and O–H groups in total. The van der Waals surface area contributed by atoms with Crippen LogP contribution in [0.4, 0.5) is 0 Å². The van der Waals surface area contributed by atoms with Gasteiger partial charge in [0, 0.05) is 20.4 Å². The van der Waals surface area contributed by atoms with E-state index in [-0.39, 0.29) is 17.6 Å². The molecule has 0 fully saturated rings. The van der Waals surface area contributed by atoms with Crippen molar-refractivity contribution >= 4 is 89.6 Å². The first kappa shape index (κ1) is 28.4. The number of benzene rings is 2. The maximum absolute atomic E-state index is 9.66. The van der Waals surface area contributed by atoms with Gasteiger partial charge in [0.2, 0.25) is 0 Å². The minimum Gasteiger partial charge on any atom is -0.388 e. The van der Waals surface area contributed by atoms with E-state index < -0.39 is 0 Å². The highest BCUT2D eigenvalue weighted by molar-refractivity contribution is 9.93. The molecule has 2 aromatic rings. The first-order chi connectivity index (χ1) is 13.3. The fraction of sp³-hybridized carbons (Fsp3) is 0.429. The molecule has 2 atom stereocenters. The summed E-state index contributed by atoms with van der Waals surface area (Å²) in [6.45, 7) is 0. The van der Waals surface area contributed by atoms with Crippen LogP contribution in [0.25, 0.3) is 0 Å². The average Bonchev–Trinajstić information content (AvgIpc) is 2.62.